The summed E-state index contributed by atoms with van der Waals surface area (Å²) in [5.41, 5.74) is 1.48. The Balaban J connectivity index is 1.83. The first-order valence-corrected chi connectivity index (χ1v) is 8.01. The van der Waals surface area contributed by atoms with Gasteiger partial charge < -0.3 is 10.6 Å². The van der Waals surface area contributed by atoms with Crippen LogP contribution < -0.4 is 10.6 Å². The summed E-state index contributed by atoms with van der Waals surface area (Å²) in [6.45, 7) is 3.72. The van der Waals surface area contributed by atoms with Crippen LogP contribution >= 0.6 is 0 Å². The van der Waals surface area contributed by atoms with Gasteiger partial charge in [0.15, 0.2) is 17.5 Å². The molecule has 3 aromatic rings. The minimum Gasteiger partial charge on any atom is -0.348 e. The number of rotatable bonds is 5. The van der Waals surface area contributed by atoms with Crippen LogP contribution in [0, 0.1) is 24.4 Å². The van der Waals surface area contributed by atoms with Crippen molar-refractivity contribution in [1.29, 1.82) is 0 Å². The predicted molar refractivity (Wildman–Crippen MR) is 94.8 cm³/mol. The zero-order valence-electron chi connectivity index (χ0n) is 14.2. The zero-order valence-corrected chi connectivity index (χ0v) is 14.2. The number of aromatic nitrogens is 2. The quantitative estimate of drug-likeness (QED) is 0.622. The summed E-state index contributed by atoms with van der Waals surface area (Å²) < 4.78 is 40.3. The van der Waals surface area contributed by atoms with Gasteiger partial charge in [-0.15, -0.1) is 0 Å². The van der Waals surface area contributed by atoms with E-state index in [1.54, 1.807) is 13.0 Å². The molecule has 0 fully saturated rings. The summed E-state index contributed by atoms with van der Waals surface area (Å²) in [5.74, 6) is -3.46. The molecule has 1 heterocycles. The molecule has 0 aliphatic heterocycles. The summed E-state index contributed by atoms with van der Waals surface area (Å²) in [7, 11) is 0. The monoisotopic (exact) mass is 358 g/mol. The van der Waals surface area contributed by atoms with Crippen LogP contribution in [0.5, 0.6) is 0 Å². The molecular formula is C19H17F3N4. The van der Waals surface area contributed by atoms with E-state index in [0.29, 0.717) is 11.6 Å². The fourth-order valence-corrected chi connectivity index (χ4v) is 2.48. The average molecular weight is 358 g/mol. The minimum atomic E-state index is -1.53. The van der Waals surface area contributed by atoms with E-state index in [0.717, 1.165) is 17.7 Å². The highest BCUT2D eigenvalue weighted by Gasteiger charge is 2.15. The molecule has 0 radical (unpaired) electrons. The number of hydrogen-bond donors (Lipinski definition) is 2. The van der Waals surface area contributed by atoms with Crippen LogP contribution in [0.3, 0.4) is 0 Å². The van der Waals surface area contributed by atoms with Gasteiger partial charge in [0, 0.05) is 11.8 Å². The van der Waals surface area contributed by atoms with Crippen LogP contribution in [0.25, 0.3) is 0 Å². The lowest BCUT2D eigenvalue weighted by Gasteiger charge is -2.16. The lowest BCUT2D eigenvalue weighted by atomic mass is 10.1. The van der Waals surface area contributed by atoms with Crippen molar-refractivity contribution in [3.63, 3.8) is 0 Å². The Morgan fingerprint density at radius 1 is 0.923 bits per heavy atom. The first-order chi connectivity index (χ1) is 12.4. The summed E-state index contributed by atoms with van der Waals surface area (Å²) in [6.07, 6.45) is 0. The number of nitrogens with one attached hydrogen (secondary N) is 2. The highest BCUT2D eigenvalue weighted by Crippen LogP contribution is 2.24. The van der Waals surface area contributed by atoms with Gasteiger partial charge >= 0.3 is 0 Å². The Bertz CT molecular complexity index is 916. The van der Waals surface area contributed by atoms with Crippen LogP contribution in [0.1, 0.15) is 24.2 Å². The van der Waals surface area contributed by atoms with Gasteiger partial charge in [0.25, 0.3) is 0 Å². The molecule has 7 heteroatoms. The SMILES string of the molecule is Cc1cc(Nc2ccc(F)c(F)c2F)nc(NC(C)c2ccccc2)n1. The number of aryl methyl sites for hydroxylation is 1. The normalized spacial score (nSPS) is 11.9. The van der Waals surface area contributed by atoms with Gasteiger partial charge in [-0.1, -0.05) is 30.3 Å². The third-order valence-electron chi connectivity index (χ3n) is 3.80. The molecule has 2 aromatic carbocycles. The van der Waals surface area contributed by atoms with Gasteiger partial charge in [-0.25, -0.2) is 18.2 Å². The average Bonchev–Trinajstić information content (AvgIpc) is 2.62. The first kappa shape index (κ1) is 17.7. The summed E-state index contributed by atoms with van der Waals surface area (Å²) in [6, 6.07) is 13.2. The van der Waals surface area contributed by atoms with E-state index in [1.165, 1.54) is 0 Å². The van der Waals surface area contributed by atoms with Crippen LogP contribution in [-0.4, -0.2) is 9.97 Å². The van der Waals surface area contributed by atoms with Crippen molar-refractivity contribution in [2.24, 2.45) is 0 Å². The maximum atomic E-state index is 13.8. The van der Waals surface area contributed by atoms with Gasteiger partial charge in [0.1, 0.15) is 5.82 Å². The highest BCUT2D eigenvalue weighted by molar-refractivity contribution is 5.58. The molecule has 0 bridgehead atoms. The van der Waals surface area contributed by atoms with Crippen molar-refractivity contribution in [1.82, 2.24) is 9.97 Å². The fourth-order valence-electron chi connectivity index (χ4n) is 2.48. The Kier molecular flexibility index (Phi) is 5.06. The fraction of sp³-hybridized carbons (Fsp3) is 0.158. The molecule has 0 saturated heterocycles. The third-order valence-corrected chi connectivity index (χ3v) is 3.80. The van der Waals surface area contributed by atoms with E-state index in [2.05, 4.69) is 20.6 Å². The van der Waals surface area contributed by atoms with E-state index in [9.17, 15) is 13.2 Å². The van der Waals surface area contributed by atoms with Gasteiger partial charge in [-0.05, 0) is 31.5 Å². The number of halogens is 3. The van der Waals surface area contributed by atoms with E-state index in [1.807, 2.05) is 37.3 Å². The molecule has 0 spiro atoms. The predicted octanol–water partition coefficient (Wildman–Crippen LogP) is 5.12. The zero-order chi connectivity index (χ0) is 18.7. The second kappa shape index (κ2) is 7.43. The number of hydrogen-bond acceptors (Lipinski definition) is 4. The van der Waals surface area contributed by atoms with E-state index >= 15 is 0 Å². The molecular weight excluding hydrogens is 341 g/mol. The second-order valence-corrected chi connectivity index (χ2v) is 5.84. The summed E-state index contributed by atoms with van der Waals surface area (Å²) in [5, 5.41) is 5.83. The molecule has 1 atom stereocenters. The Morgan fingerprint density at radius 3 is 2.38 bits per heavy atom. The third kappa shape index (κ3) is 3.93. The van der Waals surface area contributed by atoms with Crippen molar-refractivity contribution in [2.75, 3.05) is 10.6 Å². The smallest absolute Gasteiger partial charge is 0.225 e. The van der Waals surface area contributed by atoms with Crippen molar-refractivity contribution in [3.8, 4) is 0 Å². The van der Waals surface area contributed by atoms with Crippen molar-refractivity contribution in [3.05, 3.63) is 77.2 Å². The van der Waals surface area contributed by atoms with Gasteiger partial charge in [0.2, 0.25) is 5.95 Å². The summed E-state index contributed by atoms with van der Waals surface area (Å²) >= 11 is 0. The van der Waals surface area contributed by atoms with Crippen molar-refractivity contribution < 1.29 is 13.2 Å². The first-order valence-electron chi connectivity index (χ1n) is 8.01. The maximum absolute atomic E-state index is 13.8. The Hall–Kier alpha value is -3.09. The number of benzene rings is 2. The van der Waals surface area contributed by atoms with E-state index in [4.69, 9.17) is 0 Å². The van der Waals surface area contributed by atoms with Gasteiger partial charge in [0.05, 0.1) is 11.7 Å². The number of nitrogens with zero attached hydrogens (tertiary/aromatic N) is 2. The molecule has 0 amide bonds. The molecule has 0 aliphatic rings. The van der Waals surface area contributed by atoms with Crippen molar-refractivity contribution in [2.45, 2.75) is 19.9 Å². The van der Waals surface area contributed by atoms with Gasteiger partial charge in [-0.2, -0.15) is 4.98 Å². The lowest BCUT2D eigenvalue weighted by molar-refractivity contribution is 0.449. The van der Waals surface area contributed by atoms with Crippen LogP contribution in [0.15, 0.2) is 48.5 Å². The maximum Gasteiger partial charge on any atom is 0.225 e. The molecule has 134 valence electrons. The summed E-state index contributed by atoms with van der Waals surface area (Å²) in [4.78, 5) is 8.58. The van der Waals surface area contributed by atoms with Gasteiger partial charge in [-0.3, -0.25) is 0 Å². The molecule has 1 aromatic heterocycles. The molecule has 2 N–H and O–H groups in total. The minimum absolute atomic E-state index is 0.0501. The van der Waals surface area contributed by atoms with E-state index < -0.39 is 17.5 Å². The molecule has 26 heavy (non-hydrogen) atoms. The largest absolute Gasteiger partial charge is 0.348 e. The second-order valence-electron chi connectivity index (χ2n) is 5.84. The van der Waals surface area contributed by atoms with Crippen molar-refractivity contribution >= 4 is 17.5 Å². The van der Waals surface area contributed by atoms with Crippen LogP contribution in [0.4, 0.5) is 30.6 Å². The molecule has 1 unspecified atom stereocenters. The lowest BCUT2D eigenvalue weighted by Crippen LogP contribution is -2.11. The highest BCUT2D eigenvalue weighted by atomic mass is 19.2. The molecule has 0 aliphatic carbocycles. The Morgan fingerprint density at radius 2 is 1.65 bits per heavy atom. The molecule has 3 rings (SSSR count). The Labute approximate surface area is 149 Å². The van der Waals surface area contributed by atoms with E-state index in [-0.39, 0.29) is 17.5 Å². The van der Waals surface area contributed by atoms with Crippen LogP contribution in [0.2, 0.25) is 0 Å². The standard InChI is InChI=1S/C19H17F3N4/c1-11-10-16(25-15-9-8-14(20)17(21)18(15)22)26-19(23-11)24-12(2)13-6-4-3-5-7-13/h3-10,12H,1-2H3,(H2,23,24,25,26). The number of anilines is 3. The molecule has 4 nitrogen and oxygen atoms in total. The van der Waals surface area contributed by atoms with Crippen LogP contribution in [-0.2, 0) is 0 Å². The topological polar surface area (TPSA) is 49.8 Å². The molecule has 0 saturated carbocycles.